The predicted molar refractivity (Wildman–Crippen MR) is 133 cm³/mol. The Morgan fingerprint density at radius 2 is 0.975 bits per heavy atom. The van der Waals surface area contributed by atoms with E-state index in [1.54, 1.807) is 33.3 Å². The zero-order chi connectivity index (χ0) is 26.7. The fraction of sp³-hybridized carbons (Fsp3) is 0.100. The third-order valence-electron chi connectivity index (χ3n) is 4.73. The maximum absolute atomic E-state index is 9.22. The van der Waals surface area contributed by atoms with E-state index in [1.165, 1.54) is 0 Å². The van der Waals surface area contributed by atoms with Crippen LogP contribution in [-0.4, -0.2) is 84.7 Å². The van der Waals surface area contributed by atoms with E-state index in [4.69, 9.17) is 17.5 Å². The van der Waals surface area contributed by atoms with Gasteiger partial charge in [0.05, 0.1) is 0 Å². The van der Waals surface area contributed by atoms with Gasteiger partial charge in [0.2, 0.25) is 0 Å². The number of hydrogen-bond donors (Lipinski definition) is 6. The molecule has 2 aromatic carbocycles. The number of rotatable bonds is 2. The number of fused-ring (bicyclic) bond motifs is 2. The summed E-state index contributed by atoms with van der Waals surface area (Å²) in [6.45, 7) is 3.74. The van der Waals surface area contributed by atoms with E-state index in [9.17, 15) is 10.2 Å². The first kappa shape index (κ1) is 33.0. The summed E-state index contributed by atoms with van der Waals surface area (Å²) >= 11 is 0. The van der Waals surface area contributed by atoms with Gasteiger partial charge in [-0.3, -0.25) is 8.42 Å². The van der Waals surface area contributed by atoms with Crippen LogP contribution in [0.1, 0.15) is 11.6 Å². The highest BCUT2D eigenvalue weighted by atomic mass is 32.3. The zero-order valence-electron chi connectivity index (χ0n) is 20.7. The second-order valence-corrected chi connectivity index (χ2v) is 8.35. The lowest BCUT2D eigenvalue weighted by atomic mass is 10.2. The first-order valence-corrected chi connectivity index (χ1v) is 11.7. The molecule has 0 fully saturated rings. The molecule has 216 valence electrons. The van der Waals surface area contributed by atoms with Gasteiger partial charge >= 0.3 is 11.6 Å². The molecule has 0 unspecified atom stereocenters. The van der Waals surface area contributed by atoms with E-state index >= 15 is 0 Å². The summed E-state index contributed by atoms with van der Waals surface area (Å²) in [5.41, 5.74) is 1.85. The summed E-state index contributed by atoms with van der Waals surface area (Å²) in [4.78, 5) is 8.39. The molecule has 40 heavy (non-hydrogen) atoms. The molecule has 0 saturated carbocycles. The van der Waals surface area contributed by atoms with Gasteiger partial charge in [0, 0.05) is 45.6 Å². The van der Waals surface area contributed by atoms with Crippen LogP contribution < -0.4 is 9.03 Å². The second-order valence-electron chi connectivity index (χ2n) is 7.54. The minimum Gasteiger partial charge on any atom is -0.759 e. The summed E-state index contributed by atoms with van der Waals surface area (Å²) in [5, 5.41) is 38.5. The van der Waals surface area contributed by atoms with Gasteiger partial charge in [-0.15, -0.1) is 9.03 Å². The number of aryl methyl sites for hydroxylation is 2. The molecule has 4 heterocycles. The SMILES string of the molecule is Cc1nc2n[nH]c(-c3ccc(O)cc3)[n+]2[nH]1.Cc1nc2n[nH]c(-c3ccc(O)cc3)[n+]2[nH]1.O.O.O.O=S(=O)([O-])[O-]. The van der Waals surface area contributed by atoms with Crippen molar-refractivity contribution < 1.29 is 53.2 Å². The third-order valence-corrected chi connectivity index (χ3v) is 4.73. The highest BCUT2D eigenvalue weighted by molar-refractivity contribution is 7.79. The second kappa shape index (κ2) is 13.2. The van der Waals surface area contributed by atoms with Gasteiger partial charge in [0.15, 0.2) is 11.6 Å². The molecule has 4 aromatic heterocycles. The molecule has 20 heteroatoms. The number of nitrogens with zero attached hydrogens (tertiary/aromatic N) is 6. The molecule has 6 aromatic rings. The molecule has 0 saturated heterocycles. The van der Waals surface area contributed by atoms with Crippen molar-refractivity contribution in [3.05, 3.63) is 60.2 Å². The highest BCUT2D eigenvalue weighted by Crippen LogP contribution is 2.18. The zero-order valence-corrected chi connectivity index (χ0v) is 21.6. The maximum Gasteiger partial charge on any atom is 0.437 e. The van der Waals surface area contributed by atoms with Crippen molar-refractivity contribution in [1.29, 1.82) is 0 Å². The van der Waals surface area contributed by atoms with Gasteiger partial charge in [-0.2, -0.15) is 10.2 Å². The number of aromatic amines is 4. The van der Waals surface area contributed by atoms with Crippen molar-refractivity contribution in [3.8, 4) is 34.3 Å². The quantitative estimate of drug-likeness (QED) is 0.0696. The first-order chi connectivity index (χ1) is 17.5. The van der Waals surface area contributed by atoms with E-state index in [1.807, 2.05) is 38.1 Å². The van der Waals surface area contributed by atoms with Crippen molar-refractivity contribution in [2.45, 2.75) is 13.8 Å². The van der Waals surface area contributed by atoms with Crippen LogP contribution in [0.5, 0.6) is 11.5 Å². The average molecular weight is 583 g/mol. The van der Waals surface area contributed by atoms with E-state index in [0.29, 0.717) is 11.6 Å². The molecule has 0 aliphatic carbocycles. The van der Waals surface area contributed by atoms with Crippen molar-refractivity contribution >= 4 is 22.0 Å². The lowest BCUT2D eigenvalue weighted by Gasteiger charge is -2.06. The molecule has 0 bridgehead atoms. The fourth-order valence-electron chi connectivity index (χ4n) is 3.27. The minimum absolute atomic E-state index is 0. The summed E-state index contributed by atoms with van der Waals surface area (Å²) in [6, 6.07) is 13.8. The monoisotopic (exact) mass is 582 g/mol. The lowest BCUT2D eigenvalue weighted by molar-refractivity contribution is -0.566. The molecule has 0 atom stereocenters. The number of phenols is 2. The molecule has 19 nitrogen and oxygen atoms in total. The summed E-state index contributed by atoms with van der Waals surface area (Å²) in [6.07, 6.45) is 0. The molecule has 0 aliphatic heterocycles. The predicted octanol–water partition coefficient (Wildman–Crippen LogP) is -2.71. The maximum atomic E-state index is 9.22. The van der Waals surface area contributed by atoms with Crippen LogP contribution in [0.15, 0.2) is 48.5 Å². The summed E-state index contributed by atoms with van der Waals surface area (Å²) in [7, 11) is -5.17. The normalized spacial score (nSPS) is 10.3. The Balaban J connectivity index is 0.000000323. The van der Waals surface area contributed by atoms with Crippen LogP contribution in [-0.2, 0) is 10.4 Å². The lowest BCUT2D eigenvalue weighted by Crippen LogP contribution is -2.23. The van der Waals surface area contributed by atoms with Crippen molar-refractivity contribution in [1.82, 2.24) is 40.6 Å². The topological polar surface area (TPSA) is 338 Å². The first-order valence-electron chi connectivity index (χ1n) is 10.4. The van der Waals surface area contributed by atoms with Gasteiger partial charge < -0.3 is 35.7 Å². The van der Waals surface area contributed by atoms with Crippen LogP contribution in [0.4, 0.5) is 0 Å². The number of H-pyrrole nitrogens is 4. The standard InChI is InChI=1S/2C10H9N5O.H2O4S.3H2O/c2*1-6-11-10-13-12-9(15(10)14-6)7-2-4-8(16)5-3-7;1-5(2,3)4;;;/h2*2-5H,1H3,(H2,11,12,13,14,16);(H2,1,2,3,4);3*1H2. The summed E-state index contributed by atoms with van der Waals surface area (Å²) in [5.74, 6) is 4.89. The van der Waals surface area contributed by atoms with E-state index in [2.05, 4.69) is 40.6 Å². The number of phenolic OH excluding ortho intramolecular Hbond substituents is 2. The van der Waals surface area contributed by atoms with Crippen LogP contribution in [0.2, 0.25) is 0 Å². The van der Waals surface area contributed by atoms with Gasteiger partial charge in [0.1, 0.15) is 11.5 Å². The molecule has 0 amide bonds. The molecule has 12 N–H and O–H groups in total. The molecule has 0 aliphatic rings. The van der Waals surface area contributed by atoms with Crippen LogP contribution in [0, 0.1) is 13.8 Å². The number of benzene rings is 2. The van der Waals surface area contributed by atoms with Crippen molar-refractivity contribution in [2.24, 2.45) is 0 Å². The Bertz CT molecular complexity index is 1630. The Labute approximate surface area is 224 Å². The fourth-order valence-corrected chi connectivity index (χ4v) is 3.27. The van der Waals surface area contributed by atoms with E-state index in [-0.39, 0.29) is 27.9 Å². The van der Waals surface area contributed by atoms with E-state index in [0.717, 1.165) is 34.4 Å². The van der Waals surface area contributed by atoms with Crippen molar-refractivity contribution in [3.63, 3.8) is 0 Å². The van der Waals surface area contributed by atoms with Gasteiger partial charge in [-0.25, -0.2) is 10.2 Å². The number of aromatic nitrogens is 10. The van der Waals surface area contributed by atoms with Gasteiger partial charge in [-0.1, -0.05) is 9.97 Å². The largest absolute Gasteiger partial charge is 0.759 e. The molecule has 0 spiro atoms. The number of hydrogen-bond acceptors (Lipinski definition) is 10. The van der Waals surface area contributed by atoms with Gasteiger partial charge in [0.25, 0.3) is 11.6 Å². The van der Waals surface area contributed by atoms with Crippen LogP contribution >= 0.6 is 0 Å². The highest BCUT2D eigenvalue weighted by Gasteiger charge is 2.18. The van der Waals surface area contributed by atoms with E-state index < -0.39 is 10.4 Å². The molecule has 0 radical (unpaired) electrons. The van der Waals surface area contributed by atoms with Crippen LogP contribution in [0.3, 0.4) is 0 Å². The molecular weight excluding hydrogens is 556 g/mol. The third kappa shape index (κ3) is 8.00. The Hall–Kier alpha value is -4.99. The van der Waals surface area contributed by atoms with Crippen molar-refractivity contribution in [2.75, 3.05) is 0 Å². The molecular formula is C20H26N10O9S. The Kier molecular flexibility index (Phi) is 10.9. The Morgan fingerprint density at radius 1 is 0.675 bits per heavy atom. The number of nitrogens with one attached hydrogen (secondary N) is 4. The summed E-state index contributed by atoms with van der Waals surface area (Å²) < 4.78 is 37.6. The van der Waals surface area contributed by atoms with Gasteiger partial charge in [-0.05, 0) is 48.5 Å². The average Bonchev–Trinajstić information content (AvgIpc) is 3.56. The smallest absolute Gasteiger partial charge is 0.437 e. The Morgan fingerprint density at radius 3 is 1.27 bits per heavy atom. The minimum atomic E-state index is -5.17. The molecule has 6 rings (SSSR count). The number of aromatic hydroxyl groups is 2. The van der Waals surface area contributed by atoms with Crippen LogP contribution in [0.25, 0.3) is 34.3 Å².